The van der Waals surface area contributed by atoms with Crippen LogP contribution in [-0.4, -0.2) is 17.0 Å². The molecule has 1 amide bonds. The number of carboxylic acids is 1. The van der Waals surface area contributed by atoms with Gasteiger partial charge >= 0.3 is 5.97 Å². The lowest BCUT2D eigenvalue weighted by Crippen LogP contribution is -2.30. The summed E-state index contributed by atoms with van der Waals surface area (Å²) >= 11 is 5.92. The zero-order chi connectivity index (χ0) is 16.8. The van der Waals surface area contributed by atoms with Crippen LogP contribution in [0.5, 0.6) is 0 Å². The van der Waals surface area contributed by atoms with Crippen molar-refractivity contribution >= 4 is 23.5 Å². The summed E-state index contributed by atoms with van der Waals surface area (Å²) in [5.41, 5.74) is 1.41. The molecule has 0 saturated carbocycles. The number of nitrogens with one attached hydrogen (secondary N) is 1. The van der Waals surface area contributed by atoms with Crippen LogP contribution in [0.3, 0.4) is 0 Å². The fraction of sp³-hybridized carbons (Fsp3) is 0.222. The van der Waals surface area contributed by atoms with Crippen molar-refractivity contribution in [1.82, 2.24) is 5.32 Å². The highest BCUT2D eigenvalue weighted by Gasteiger charge is 2.18. The van der Waals surface area contributed by atoms with E-state index in [0.717, 1.165) is 12.0 Å². The van der Waals surface area contributed by atoms with Gasteiger partial charge in [0.15, 0.2) is 0 Å². The number of rotatable bonds is 6. The zero-order valence-corrected chi connectivity index (χ0v) is 13.5. The second-order valence-corrected chi connectivity index (χ2v) is 5.60. The summed E-state index contributed by atoms with van der Waals surface area (Å²) < 4.78 is 0. The Morgan fingerprint density at radius 1 is 1.13 bits per heavy atom. The number of halogens is 1. The average Bonchev–Trinajstić information content (AvgIpc) is 2.53. The van der Waals surface area contributed by atoms with Crippen LogP contribution >= 0.6 is 11.6 Å². The quantitative estimate of drug-likeness (QED) is 0.845. The zero-order valence-electron chi connectivity index (χ0n) is 12.8. The van der Waals surface area contributed by atoms with Crippen LogP contribution in [0.25, 0.3) is 0 Å². The normalized spacial score (nSPS) is 11.7. The maximum atomic E-state index is 12.3. The topological polar surface area (TPSA) is 66.4 Å². The first-order valence-electron chi connectivity index (χ1n) is 7.38. The van der Waals surface area contributed by atoms with Crippen LogP contribution in [-0.2, 0) is 11.2 Å². The van der Waals surface area contributed by atoms with Crippen LogP contribution in [0.4, 0.5) is 0 Å². The van der Waals surface area contributed by atoms with Crippen molar-refractivity contribution in [3.63, 3.8) is 0 Å². The number of hydrogen-bond acceptors (Lipinski definition) is 2. The lowest BCUT2D eigenvalue weighted by atomic mass is 10.0. The fourth-order valence-electron chi connectivity index (χ4n) is 2.48. The number of carboxylic acid groups (broad SMARTS) is 1. The van der Waals surface area contributed by atoms with Gasteiger partial charge in [-0.25, -0.2) is 4.79 Å². The van der Waals surface area contributed by atoms with Crippen LogP contribution in [0, 0.1) is 0 Å². The van der Waals surface area contributed by atoms with Crippen molar-refractivity contribution in [3.05, 3.63) is 70.2 Å². The molecule has 2 aromatic carbocycles. The third kappa shape index (κ3) is 4.33. The van der Waals surface area contributed by atoms with E-state index in [1.165, 1.54) is 6.07 Å². The maximum absolute atomic E-state index is 12.3. The highest BCUT2D eigenvalue weighted by Crippen LogP contribution is 2.21. The molecule has 0 saturated heterocycles. The van der Waals surface area contributed by atoms with E-state index in [4.69, 9.17) is 11.6 Å². The van der Waals surface area contributed by atoms with Crippen molar-refractivity contribution in [3.8, 4) is 0 Å². The molecule has 0 bridgehead atoms. The lowest BCUT2D eigenvalue weighted by molar-refractivity contribution is -0.121. The van der Waals surface area contributed by atoms with Crippen LogP contribution < -0.4 is 5.32 Å². The van der Waals surface area contributed by atoms with Gasteiger partial charge in [0, 0.05) is 0 Å². The van der Waals surface area contributed by atoms with Crippen LogP contribution in [0.15, 0.2) is 48.5 Å². The Balaban J connectivity index is 2.14. The summed E-state index contributed by atoms with van der Waals surface area (Å²) in [6, 6.07) is 14.3. The SMILES string of the molecule is CC[C@H](NC(=O)Cc1cccc(Cl)c1C(=O)O)c1ccccc1. The largest absolute Gasteiger partial charge is 0.478 e. The molecule has 0 radical (unpaired) electrons. The molecular formula is C18H18ClNO3. The van der Waals surface area contributed by atoms with Crippen molar-refractivity contribution < 1.29 is 14.7 Å². The molecule has 4 nitrogen and oxygen atoms in total. The molecule has 0 spiro atoms. The number of aromatic carboxylic acids is 1. The Morgan fingerprint density at radius 2 is 1.83 bits per heavy atom. The standard InChI is InChI=1S/C18H18ClNO3/c1-2-15(12-7-4-3-5-8-12)20-16(21)11-13-9-6-10-14(19)17(13)18(22)23/h3-10,15H,2,11H2,1H3,(H,20,21)(H,22,23)/t15-/m0/s1. The molecule has 0 heterocycles. The van der Waals surface area contributed by atoms with Gasteiger partial charge < -0.3 is 10.4 Å². The molecule has 2 N–H and O–H groups in total. The minimum absolute atomic E-state index is 0.0166. The van der Waals surface area contributed by atoms with Gasteiger partial charge in [0.25, 0.3) is 0 Å². The molecular weight excluding hydrogens is 314 g/mol. The summed E-state index contributed by atoms with van der Waals surface area (Å²) in [4.78, 5) is 23.6. The molecule has 0 unspecified atom stereocenters. The predicted octanol–water partition coefficient (Wildman–Crippen LogP) is 3.85. The minimum atomic E-state index is -1.13. The van der Waals surface area contributed by atoms with Crippen molar-refractivity contribution in [2.24, 2.45) is 0 Å². The van der Waals surface area contributed by atoms with Gasteiger partial charge in [-0.15, -0.1) is 0 Å². The van der Waals surface area contributed by atoms with Crippen molar-refractivity contribution in [1.29, 1.82) is 0 Å². The number of hydrogen-bond donors (Lipinski definition) is 2. The molecule has 0 fully saturated rings. The van der Waals surface area contributed by atoms with E-state index in [-0.39, 0.29) is 29.0 Å². The Bertz CT molecular complexity index is 701. The Labute approximate surface area is 140 Å². The third-order valence-electron chi connectivity index (χ3n) is 3.61. The molecule has 0 aliphatic rings. The molecule has 2 rings (SSSR count). The fourth-order valence-corrected chi connectivity index (χ4v) is 2.76. The monoisotopic (exact) mass is 331 g/mol. The Hall–Kier alpha value is -2.33. The van der Waals surface area contributed by atoms with E-state index in [2.05, 4.69) is 5.32 Å². The summed E-state index contributed by atoms with van der Waals surface area (Å²) in [5.74, 6) is -1.36. The number of amides is 1. The second kappa shape index (κ2) is 7.79. The number of carbonyl (C=O) groups is 2. The van der Waals surface area contributed by atoms with E-state index in [9.17, 15) is 14.7 Å². The van der Waals surface area contributed by atoms with Gasteiger partial charge in [0.1, 0.15) is 0 Å². The summed E-state index contributed by atoms with van der Waals surface area (Å²) in [6.45, 7) is 1.99. The highest BCUT2D eigenvalue weighted by atomic mass is 35.5. The summed E-state index contributed by atoms with van der Waals surface area (Å²) in [5, 5.41) is 12.3. The number of benzene rings is 2. The van der Waals surface area contributed by atoms with Gasteiger partial charge in [0.05, 0.1) is 23.0 Å². The smallest absolute Gasteiger partial charge is 0.337 e. The van der Waals surface area contributed by atoms with Gasteiger partial charge in [0.2, 0.25) is 5.91 Å². The van der Waals surface area contributed by atoms with E-state index >= 15 is 0 Å². The molecule has 0 aromatic heterocycles. The van der Waals surface area contributed by atoms with Crippen molar-refractivity contribution in [2.75, 3.05) is 0 Å². The van der Waals surface area contributed by atoms with E-state index in [1.807, 2.05) is 37.3 Å². The first-order chi connectivity index (χ1) is 11.0. The highest BCUT2D eigenvalue weighted by molar-refractivity contribution is 6.33. The molecule has 0 aliphatic carbocycles. The van der Waals surface area contributed by atoms with Crippen LogP contribution in [0.1, 0.15) is 40.9 Å². The van der Waals surface area contributed by atoms with Gasteiger partial charge in [-0.1, -0.05) is 61.0 Å². The van der Waals surface area contributed by atoms with Crippen molar-refractivity contribution in [2.45, 2.75) is 25.8 Å². The number of carbonyl (C=O) groups excluding carboxylic acids is 1. The van der Waals surface area contributed by atoms with Crippen LogP contribution in [0.2, 0.25) is 5.02 Å². The third-order valence-corrected chi connectivity index (χ3v) is 3.93. The predicted molar refractivity (Wildman–Crippen MR) is 89.7 cm³/mol. The second-order valence-electron chi connectivity index (χ2n) is 5.19. The lowest BCUT2D eigenvalue weighted by Gasteiger charge is -2.18. The average molecular weight is 332 g/mol. The van der Waals surface area contributed by atoms with E-state index in [0.29, 0.717) is 5.56 Å². The molecule has 0 aliphatic heterocycles. The molecule has 23 heavy (non-hydrogen) atoms. The summed E-state index contributed by atoms with van der Waals surface area (Å²) in [6.07, 6.45) is 0.725. The van der Waals surface area contributed by atoms with Gasteiger partial charge in [-0.05, 0) is 23.6 Å². The Morgan fingerprint density at radius 3 is 2.43 bits per heavy atom. The van der Waals surface area contributed by atoms with E-state index in [1.54, 1.807) is 12.1 Å². The van der Waals surface area contributed by atoms with E-state index < -0.39 is 5.97 Å². The Kier molecular flexibility index (Phi) is 5.77. The first-order valence-corrected chi connectivity index (χ1v) is 7.75. The molecule has 1 atom stereocenters. The van der Waals surface area contributed by atoms with Gasteiger partial charge in [-0.3, -0.25) is 4.79 Å². The maximum Gasteiger partial charge on any atom is 0.337 e. The molecule has 5 heteroatoms. The van der Waals surface area contributed by atoms with Gasteiger partial charge in [-0.2, -0.15) is 0 Å². The molecule has 2 aromatic rings. The summed E-state index contributed by atoms with van der Waals surface area (Å²) in [7, 11) is 0. The first kappa shape index (κ1) is 17.0. The minimum Gasteiger partial charge on any atom is -0.478 e. The molecule has 120 valence electrons.